The first kappa shape index (κ1) is 16.2. The Balaban J connectivity index is 2.69. The third-order valence-corrected chi connectivity index (χ3v) is 4.14. The fourth-order valence-corrected chi connectivity index (χ4v) is 2.77. The first-order valence-electron chi connectivity index (χ1n) is 7.79. The molecule has 0 aliphatic heterocycles. The molecule has 3 unspecified atom stereocenters. The van der Waals surface area contributed by atoms with Crippen molar-refractivity contribution in [3.63, 3.8) is 0 Å². The van der Waals surface area contributed by atoms with Gasteiger partial charge in [-0.2, -0.15) is 0 Å². The highest BCUT2D eigenvalue weighted by atomic mass is 16.3. The number of hydrogen-bond donors (Lipinski definition) is 1. The standard InChI is InChI=1S/C18H30O/c1-5-15(4)18(16-11-7-6-8-12-16)17(19)13-9-10-14(2)3/h6-8,11-12,14-15,17-19H,5,9-10,13H2,1-4H3. The molecule has 0 fully saturated rings. The summed E-state index contributed by atoms with van der Waals surface area (Å²) in [7, 11) is 0. The fourth-order valence-electron chi connectivity index (χ4n) is 2.77. The van der Waals surface area contributed by atoms with Gasteiger partial charge in [0.15, 0.2) is 0 Å². The molecule has 0 aliphatic carbocycles. The molecule has 1 heteroatoms. The van der Waals surface area contributed by atoms with E-state index in [1.165, 1.54) is 12.0 Å². The van der Waals surface area contributed by atoms with Crippen molar-refractivity contribution in [3.05, 3.63) is 35.9 Å². The Kier molecular flexibility index (Phi) is 7.15. The van der Waals surface area contributed by atoms with Crippen LogP contribution in [0.1, 0.15) is 64.9 Å². The maximum atomic E-state index is 10.6. The van der Waals surface area contributed by atoms with Crippen LogP contribution >= 0.6 is 0 Å². The van der Waals surface area contributed by atoms with Crippen LogP contribution in [-0.4, -0.2) is 11.2 Å². The second-order valence-electron chi connectivity index (χ2n) is 6.21. The zero-order chi connectivity index (χ0) is 14.3. The van der Waals surface area contributed by atoms with Crippen LogP contribution in [0.15, 0.2) is 30.3 Å². The first-order valence-corrected chi connectivity index (χ1v) is 7.79. The Bertz CT molecular complexity index is 331. The van der Waals surface area contributed by atoms with Crippen molar-refractivity contribution in [3.8, 4) is 0 Å². The number of benzene rings is 1. The summed E-state index contributed by atoms with van der Waals surface area (Å²) >= 11 is 0. The van der Waals surface area contributed by atoms with Gasteiger partial charge in [-0.15, -0.1) is 0 Å². The zero-order valence-corrected chi connectivity index (χ0v) is 13.0. The minimum absolute atomic E-state index is 0.212. The topological polar surface area (TPSA) is 20.2 Å². The molecule has 0 amide bonds. The number of rotatable bonds is 8. The molecular formula is C18H30O. The molecule has 1 rings (SSSR count). The van der Waals surface area contributed by atoms with Crippen LogP contribution in [0.25, 0.3) is 0 Å². The van der Waals surface area contributed by atoms with Gasteiger partial charge in [-0.25, -0.2) is 0 Å². The molecule has 108 valence electrons. The van der Waals surface area contributed by atoms with Gasteiger partial charge in [0.25, 0.3) is 0 Å². The van der Waals surface area contributed by atoms with Gasteiger partial charge in [0.2, 0.25) is 0 Å². The average Bonchev–Trinajstić information content (AvgIpc) is 2.39. The van der Waals surface area contributed by atoms with E-state index in [9.17, 15) is 5.11 Å². The molecule has 0 bridgehead atoms. The summed E-state index contributed by atoms with van der Waals surface area (Å²) in [5.41, 5.74) is 1.29. The normalized spacial score (nSPS) is 16.3. The Labute approximate surface area is 119 Å². The van der Waals surface area contributed by atoms with Crippen LogP contribution in [0.2, 0.25) is 0 Å². The summed E-state index contributed by atoms with van der Waals surface area (Å²) in [6.07, 6.45) is 4.15. The van der Waals surface area contributed by atoms with Crippen molar-refractivity contribution in [1.82, 2.24) is 0 Å². The molecule has 0 aromatic heterocycles. The van der Waals surface area contributed by atoms with Crippen molar-refractivity contribution in [2.24, 2.45) is 11.8 Å². The zero-order valence-electron chi connectivity index (χ0n) is 13.0. The minimum atomic E-state index is -0.212. The van der Waals surface area contributed by atoms with Gasteiger partial charge < -0.3 is 5.11 Å². The summed E-state index contributed by atoms with van der Waals surface area (Å²) < 4.78 is 0. The summed E-state index contributed by atoms with van der Waals surface area (Å²) in [5.74, 6) is 1.53. The number of aliphatic hydroxyl groups excluding tert-OH is 1. The minimum Gasteiger partial charge on any atom is -0.392 e. The van der Waals surface area contributed by atoms with E-state index in [2.05, 4.69) is 52.0 Å². The predicted molar refractivity (Wildman–Crippen MR) is 83.3 cm³/mol. The van der Waals surface area contributed by atoms with E-state index in [1.807, 2.05) is 6.07 Å². The Morgan fingerprint density at radius 2 is 1.63 bits per heavy atom. The number of aliphatic hydroxyl groups is 1. The van der Waals surface area contributed by atoms with Crippen molar-refractivity contribution in [1.29, 1.82) is 0 Å². The Hall–Kier alpha value is -0.820. The monoisotopic (exact) mass is 262 g/mol. The molecule has 1 nitrogen and oxygen atoms in total. The fraction of sp³-hybridized carbons (Fsp3) is 0.667. The van der Waals surface area contributed by atoms with E-state index >= 15 is 0 Å². The van der Waals surface area contributed by atoms with Gasteiger partial charge in [-0.05, 0) is 23.8 Å². The van der Waals surface area contributed by atoms with Gasteiger partial charge in [-0.1, -0.05) is 77.3 Å². The highest BCUT2D eigenvalue weighted by Crippen LogP contribution is 2.32. The quantitative estimate of drug-likeness (QED) is 0.698. The molecule has 0 saturated carbocycles. The first-order chi connectivity index (χ1) is 9.06. The van der Waals surface area contributed by atoms with Gasteiger partial charge in [0.1, 0.15) is 0 Å². The lowest BCUT2D eigenvalue weighted by Crippen LogP contribution is -2.24. The third kappa shape index (κ3) is 5.36. The second kappa shape index (κ2) is 8.37. The van der Waals surface area contributed by atoms with Gasteiger partial charge in [0.05, 0.1) is 6.10 Å². The lowest BCUT2D eigenvalue weighted by atomic mass is 9.80. The van der Waals surface area contributed by atoms with Crippen LogP contribution in [0.3, 0.4) is 0 Å². The summed E-state index contributed by atoms with van der Waals surface area (Å²) in [5, 5.41) is 10.6. The predicted octanol–water partition coefficient (Wildman–Crippen LogP) is 5.00. The highest BCUT2D eigenvalue weighted by molar-refractivity contribution is 5.21. The van der Waals surface area contributed by atoms with Crippen LogP contribution in [0.4, 0.5) is 0 Å². The van der Waals surface area contributed by atoms with Crippen molar-refractivity contribution in [2.75, 3.05) is 0 Å². The maximum Gasteiger partial charge on any atom is 0.0611 e. The summed E-state index contributed by atoms with van der Waals surface area (Å²) in [6.45, 7) is 8.95. The average molecular weight is 262 g/mol. The van der Waals surface area contributed by atoms with Crippen LogP contribution < -0.4 is 0 Å². The molecule has 0 heterocycles. The maximum absolute atomic E-state index is 10.6. The largest absolute Gasteiger partial charge is 0.392 e. The molecule has 0 aliphatic rings. The molecule has 3 atom stereocenters. The molecule has 1 aromatic rings. The third-order valence-electron chi connectivity index (χ3n) is 4.14. The molecule has 1 aromatic carbocycles. The molecule has 19 heavy (non-hydrogen) atoms. The van der Waals surface area contributed by atoms with Crippen LogP contribution in [-0.2, 0) is 0 Å². The lowest BCUT2D eigenvalue weighted by molar-refractivity contribution is 0.105. The molecule has 1 N–H and O–H groups in total. The summed E-state index contributed by atoms with van der Waals surface area (Å²) in [6, 6.07) is 10.5. The van der Waals surface area contributed by atoms with E-state index in [-0.39, 0.29) is 12.0 Å². The molecule has 0 saturated heterocycles. The second-order valence-corrected chi connectivity index (χ2v) is 6.21. The Morgan fingerprint density at radius 1 is 1.00 bits per heavy atom. The summed E-state index contributed by atoms with van der Waals surface area (Å²) in [4.78, 5) is 0. The number of hydrogen-bond acceptors (Lipinski definition) is 1. The lowest BCUT2D eigenvalue weighted by Gasteiger charge is -2.29. The smallest absolute Gasteiger partial charge is 0.0611 e. The Morgan fingerprint density at radius 3 is 2.16 bits per heavy atom. The highest BCUT2D eigenvalue weighted by Gasteiger charge is 2.25. The molecule has 0 spiro atoms. The van der Waals surface area contributed by atoms with E-state index in [1.54, 1.807) is 0 Å². The van der Waals surface area contributed by atoms with E-state index in [4.69, 9.17) is 0 Å². The van der Waals surface area contributed by atoms with Crippen LogP contribution in [0, 0.1) is 11.8 Å². The molecule has 0 radical (unpaired) electrons. The van der Waals surface area contributed by atoms with E-state index in [0.717, 1.165) is 25.2 Å². The van der Waals surface area contributed by atoms with Crippen molar-refractivity contribution >= 4 is 0 Å². The van der Waals surface area contributed by atoms with Crippen molar-refractivity contribution < 1.29 is 5.11 Å². The van der Waals surface area contributed by atoms with Crippen LogP contribution in [0.5, 0.6) is 0 Å². The van der Waals surface area contributed by atoms with E-state index in [0.29, 0.717) is 5.92 Å². The molecular weight excluding hydrogens is 232 g/mol. The van der Waals surface area contributed by atoms with E-state index < -0.39 is 0 Å². The van der Waals surface area contributed by atoms with Gasteiger partial charge in [-0.3, -0.25) is 0 Å². The van der Waals surface area contributed by atoms with Gasteiger partial charge in [0, 0.05) is 5.92 Å². The van der Waals surface area contributed by atoms with Gasteiger partial charge >= 0.3 is 0 Å². The SMILES string of the molecule is CCC(C)C(c1ccccc1)C(O)CCCC(C)C. The van der Waals surface area contributed by atoms with Crippen molar-refractivity contribution in [2.45, 2.75) is 65.4 Å².